The van der Waals surface area contributed by atoms with Crippen molar-refractivity contribution in [2.75, 3.05) is 0 Å². The number of aromatic nitrogens is 1. The minimum Gasteiger partial charge on any atom is -0.343 e. The summed E-state index contributed by atoms with van der Waals surface area (Å²) in [5.74, 6) is 0.0490. The number of Topliss-reactive ketones (excluding diaryl/α,β-unsaturated/α-hetero) is 1. The second kappa shape index (κ2) is 6.69. The number of carbonyl (C=O) groups excluding carboxylic acids is 2. The maximum Gasteiger partial charge on any atom is 0.254 e. The van der Waals surface area contributed by atoms with Gasteiger partial charge in [0.15, 0.2) is 0 Å². The van der Waals surface area contributed by atoms with Crippen molar-refractivity contribution in [2.45, 2.75) is 25.3 Å². The Kier molecular flexibility index (Phi) is 4.24. The fraction of sp³-hybridized carbons (Fsp3) is 0.200. The van der Waals surface area contributed by atoms with Crippen LogP contribution >= 0.6 is 11.3 Å². The van der Waals surface area contributed by atoms with Crippen LogP contribution in [0.2, 0.25) is 0 Å². The van der Waals surface area contributed by atoms with E-state index in [0.29, 0.717) is 18.4 Å². The van der Waals surface area contributed by atoms with Gasteiger partial charge in [0, 0.05) is 24.7 Å². The molecular formula is C20H18N2O2S. The largest absolute Gasteiger partial charge is 0.343 e. The third-order valence-electron chi connectivity index (χ3n) is 4.52. The van der Waals surface area contributed by atoms with Gasteiger partial charge in [0.1, 0.15) is 10.8 Å². The van der Waals surface area contributed by atoms with Gasteiger partial charge in [0.25, 0.3) is 5.91 Å². The summed E-state index contributed by atoms with van der Waals surface area (Å²) in [5, 5.41) is 5.85. The van der Waals surface area contributed by atoms with Gasteiger partial charge in [-0.25, -0.2) is 0 Å². The van der Waals surface area contributed by atoms with Gasteiger partial charge in [-0.2, -0.15) is 0 Å². The molecule has 1 aromatic carbocycles. The van der Waals surface area contributed by atoms with E-state index < -0.39 is 0 Å². The van der Waals surface area contributed by atoms with Crippen LogP contribution in [-0.4, -0.2) is 16.3 Å². The maximum absolute atomic E-state index is 12.5. The predicted molar refractivity (Wildman–Crippen MR) is 98.2 cm³/mol. The molecule has 0 bridgehead atoms. The molecule has 1 atom stereocenters. The number of benzene rings is 1. The predicted octanol–water partition coefficient (Wildman–Crippen LogP) is 3.92. The molecule has 0 radical (unpaired) electrons. The van der Waals surface area contributed by atoms with Crippen LogP contribution in [0.25, 0.3) is 5.00 Å². The molecule has 4 rings (SSSR count). The van der Waals surface area contributed by atoms with Crippen LogP contribution in [0.3, 0.4) is 0 Å². The molecule has 3 aromatic rings. The van der Waals surface area contributed by atoms with Crippen LogP contribution in [0.4, 0.5) is 0 Å². The molecule has 0 aliphatic carbocycles. The molecule has 0 fully saturated rings. The van der Waals surface area contributed by atoms with Crippen LogP contribution in [0.5, 0.6) is 0 Å². The Labute approximate surface area is 150 Å². The molecule has 1 unspecified atom stereocenters. The van der Waals surface area contributed by atoms with Crippen molar-refractivity contribution in [2.24, 2.45) is 0 Å². The first-order valence-corrected chi connectivity index (χ1v) is 9.22. The number of amides is 1. The number of hydrogen-bond donors (Lipinski definition) is 1. The second-order valence-electron chi connectivity index (χ2n) is 6.20. The molecule has 126 valence electrons. The highest BCUT2D eigenvalue weighted by Crippen LogP contribution is 2.31. The summed E-state index contributed by atoms with van der Waals surface area (Å²) in [6, 6.07) is 15.5. The van der Waals surface area contributed by atoms with Crippen LogP contribution in [0.15, 0.2) is 60.1 Å². The molecule has 1 N–H and O–H groups in total. The average molecular weight is 350 g/mol. The smallest absolute Gasteiger partial charge is 0.254 e. The Bertz CT molecular complexity index is 911. The minimum atomic E-state index is -0.287. The Balaban J connectivity index is 1.50. The topological polar surface area (TPSA) is 51.1 Å². The molecule has 25 heavy (non-hydrogen) atoms. The highest BCUT2D eigenvalue weighted by atomic mass is 32.1. The molecule has 3 heterocycles. The summed E-state index contributed by atoms with van der Waals surface area (Å²) in [6.45, 7) is 0. The lowest BCUT2D eigenvalue weighted by Crippen LogP contribution is -2.29. The number of aryl methyl sites for hydroxylation is 1. The van der Waals surface area contributed by atoms with Crippen molar-refractivity contribution in [1.82, 2.24) is 9.88 Å². The highest BCUT2D eigenvalue weighted by molar-refractivity contribution is 7.13. The maximum atomic E-state index is 12.5. The molecule has 2 aromatic heterocycles. The zero-order chi connectivity index (χ0) is 17.2. The lowest BCUT2D eigenvalue weighted by atomic mass is 10.0. The Morgan fingerprint density at radius 3 is 2.80 bits per heavy atom. The van der Waals surface area contributed by atoms with Crippen molar-refractivity contribution in [3.8, 4) is 5.00 Å². The normalized spacial score (nSPS) is 15.8. The summed E-state index contributed by atoms with van der Waals surface area (Å²) in [5.41, 5.74) is 2.79. The number of carbonyl (C=O) groups is 2. The molecule has 0 saturated heterocycles. The Morgan fingerprint density at radius 2 is 1.96 bits per heavy atom. The van der Waals surface area contributed by atoms with E-state index in [2.05, 4.69) is 5.32 Å². The van der Waals surface area contributed by atoms with E-state index >= 15 is 0 Å². The average Bonchev–Trinajstić information content (AvgIpc) is 3.27. The van der Waals surface area contributed by atoms with Gasteiger partial charge in [-0.05, 0) is 35.6 Å². The fourth-order valence-electron chi connectivity index (χ4n) is 3.25. The van der Waals surface area contributed by atoms with Crippen LogP contribution < -0.4 is 5.32 Å². The number of thiophene rings is 1. The molecule has 1 aliphatic heterocycles. The van der Waals surface area contributed by atoms with Crippen molar-refractivity contribution in [1.29, 1.82) is 0 Å². The SMILES string of the molecule is O=C(CCc1ccccc1)CC1NC(=O)c2ccsc2-n2cccc21. The van der Waals surface area contributed by atoms with E-state index in [-0.39, 0.29) is 17.7 Å². The quantitative estimate of drug-likeness (QED) is 0.758. The van der Waals surface area contributed by atoms with Gasteiger partial charge in [0.2, 0.25) is 0 Å². The third kappa shape index (κ3) is 3.15. The van der Waals surface area contributed by atoms with E-state index in [1.54, 1.807) is 0 Å². The van der Waals surface area contributed by atoms with Crippen LogP contribution in [0, 0.1) is 0 Å². The zero-order valence-electron chi connectivity index (χ0n) is 13.6. The molecule has 0 spiro atoms. The monoisotopic (exact) mass is 350 g/mol. The molecule has 4 nitrogen and oxygen atoms in total. The summed E-state index contributed by atoms with van der Waals surface area (Å²) >= 11 is 1.54. The van der Waals surface area contributed by atoms with Gasteiger partial charge >= 0.3 is 0 Å². The third-order valence-corrected chi connectivity index (χ3v) is 5.43. The summed E-state index contributed by atoms with van der Waals surface area (Å²) in [4.78, 5) is 25.0. The van der Waals surface area contributed by atoms with Crippen molar-refractivity contribution < 1.29 is 9.59 Å². The molecule has 0 saturated carbocycles. The summed E-state index contributed by atoms with van der Waals surface area (Å²) < 4.78 is 2.02. The lowest BCUT2D eigenvalue weighted by molar-refractivity contribution is -0.119. The zero-order valence-corrected chi connectivity index (χ0v) is 14.5. The Morgan fingerprint density at radius 1 is 1.12 bits per heavy atom. The van der Waals surface area contributed by atoms with Crippen molar-refractivity contribution >= 4 is 23.0 Å². The van der Waals surface area contributed by atoms with E-state index in [1.165, 1.54) is 11.3 Å². The fourth-order valence-corrected chi connectivity index (χ4v) is 4.15. The van der Waals surface area contributed by atoms with Crippen LogP contribution in [0.1, 0.15) is 40.5 Å². The van der Waals surface area contributed by atoms with Gasteiger partial charge in [-0.3, -0.25) is 9.59 Å². The van der Waals surface area contributed by atoms with Gasteiger partial charge in [0.05, 0.1) is 11.6 Å². The number of fused-ring (bicyclic) bond motifs is 3. The van der Waals surface area contributed by atoms with Gasteiger partial charge < -0.3 is 9.88 Å². The number of hydrogen-bond acceptors (Lipinski definition) is 3. The number of nitrogens with one attached hydrogen (secondary N) is 1. The first-order valence-electron chi connectivity index (χ1n) is 8.34. The first-order chi connectivity index (χ1) is 12.2. The molecule has 1 amide bonds. The van der Waals surface area contributed by atoms with E-state index in [4.69, 9.17) is 0 Å². The number of rotatable bonds is 5. The standard InChI is InChI=1S/C20H18N2O2S/c23-15(9-8-14-5-2-1-3-6-14)13-17-18-7-4-11-22(18)20-16(10-12-25-20)19(24)21-17/h1-7,10-12,17H,8-9,13H2,(H,21,24). The van der Waals surface area contributed by atoms with E-state index in [0.717, 1.165) is 22.7 Å². The van der Waals surface area contributed by atoms with Crippen molar-refractivity contribution in [3.63, 3.8) is 0 Å². The highest BCUT2D eigenvalue weighted by Gasteiger charge is 2.28. The number of nitrogens with zero attached hydrogens (tertiary/aromatic N) is 1. The minimum absolute atomic E-state index is 0.110. The number of ketones is 1. The van der Waals surface area contributed by atoms with E-state index in [9.17, 15) is 9.59 Å². The first kappa shape index (κ1) is 15.8. The molecule has 5 heteroatoms. The van der Waals surface area contributed by atoms with Gasteiger partial charge in [-0.15, -0.1) is 11.3 Å². The second-order valence-corrected chi connectivity index (χ2v) is 7.09. The summed E-state index contributed by atoms with van der Waals surface area (Å²) in [7, 11) is 0. The molecular weight excluding hydrogens is 332 g/mol. The Hall–Kier alpha value is -2.66. The van der Waals surface area contributed by atoms with Crippen LogP contribution in [-0.2, 0) is 11.2 Å². The lowest BCUT2D eigenvalue weighted by Gasteiger charge is -2.16. The summed E-state index contributed by atoms with van der Waals surface area (Å²) in [6.07, 6.45) is 3.48. The molecule has 1 aliphatic rings. The van der Waals surface area contributed by atoms with Crippen molar-refractivity contribution in [3.05, 3.63) is 76.9 Å². The van der Waals surface area contributed by atoms with E-state index in [1.807, 2.05) is 64.7 Å². The van der Waals surface area contributed by atoms with Gasteiger partial charge in [-0.1, -0.05) is 30.3 Å².